The molecule has 128 valence electrons. The molecule has 1 heterocycles. The Morgan fingerprint density at radius 2 is 1.92 bits per heavy atom. The normalized spacial score (nSPS) is 10.7. The van der Waals surface area contributed by atoms with Crippen molar-refractivity contribution >= 4 is 17.6 Å². The minimum absolute atomic E-state index is 0.337. The summed E-state index contributed by atoms with van der Waals surface area (Å²) in [4.78, 5) is 16.0. The summed E-state index contributed by atoms with van der Waals surface area (Å²) in [5.74, 6) is -0.347. The van der Waals surface area contributed by atoms with E-state index in [1.165, 1.54) is 7.11 Å². The molecule has 6 heteroatoms. The number of nitrogens with zero attached hydrogens (tertiary/aromatic N) is 2. The van der Waals surface area contributed by atoms with Gasteiger partial charge in [0, 0.05) is 13.1 Å². The number of aromatic nitrogens is 2. The molecule has 0 spiro atoms. The number of ether oxygens (including phenoxy) is 1. The zero-order valence-electron chi connectivity index (χ0n) is 13.8. The van der Waals surface area contributed by atoms with Gasteiger partial charge in [-0.25, -0.2) is 9.78 Å². The molecule has 0 radical (unpaired) electrons. The van der Waals surface area contributed by atoms with E-state index in [9.17, 15) is 4.79 Å². The van der Waals surface area contributed by atoms with Crippen molar-refractivity contribution in [1.82, 2.24) is 9.55 Å². The number of imidazole rings is 1. The molecule has 0 aliphatic carbocycles. The topological polar surface area (TPSA) is 70.1 Å². The summed E-state index contributed by atoms with van der Waals surface area (Å²) in [6.07, 6.45) is 1.69. The monoisotopic (exact) mass is 355 g/mol. The predicted molar refractivity (Wildman–Crippen MR) is 97.4 cm³/mol. The molecule has 25 heavy (non-hydrogen) atoms. The van der Waals surface area contributed by atoms with E-state index in [4.69, 9.17) is 22.1 Å². The van der Waals surface area contributed by atoms with Gasteiger partial charge in [-0.15, -0.1) is 0 Å². The van der Waals surface area contributed by atoms with E-state index in [-0.39, 0.29) is 5.97 Å². The lowest BCUT2D eigenvalue weighted by molar-refractivity contribution is 0.0601. The predicted octanol–water partition coefficient (Wildman–Crippen LogP) is 3.50. The minimum Gasteiger partial charge on any atom is -0.465 e. The molecule has 3 rings (SSSR count). The average molecular weight is 356 g/mol. The van der Waals surface area contributed by atoms with Gasteiger partial charge in [0.05, 0.1) is 24.7 Å². The Morgan fingerprint density at radius 1 is 1.20 bits per heavy atom. The zero-order chi connectivity index (χ0) is 17.8. The lowest BCUT2D eigenvalue weighted by Crippen LogP contribution is -2.08. The van der Waals surface area contributed by atoms with Gasteiger partial charge in [-0.05, 0) is 22.8 Å². The van der Waals surface area contributed by atoms with Crippen molar-refractivity contribution in [3.63, 3.8) is 0 Å². The summed E-state index contributed by atoms with van der Waals surface area (Å²) in [6.45, 7) is 0.967. The number of hydrogen-bond acceptors (Lipinski definition) is 4. The second kappa shape index (κ2) is 7.51. The van der Waals surface area contributed by atoms with E-state index < -0.39 is 0 Å². The third kappa shape index (κ3) is 3.57. The first-order valence-corrected chi connectivity index (χ1v) is 8.18. The van der Waals surface area contributed by atoms with Gasteiger partial charge in [0.25, 0.3) is 0 Å². The van der Waals surface area contributed by atoms with Crippen molar-refractivity contribution in [1.29, 1.82) is 0 Å². The first kappa shape index (κ1) is 17.2. The second-order valence-corrected chi connectivity index (χ2v) is 5.91. The number of nitrogens with two attached hydrogens (primary N) is 1. The van der Waals surface area contributed by atoms with Gasteiger partial charge in [0.2, 0.25) is 0 Å². The zero-order valence-corrected chi connectivity index (χ0v) is 14.5. The summed E-state index contributed by atoms with van der Waals surface area (Å²) >= 11 is 6.02. The molecule has 3 aromatic rings. The molecule has 1 aromatic heterocycles. The van der Waals surface area contributed by atoms with Gasteiger partial charge in [-0.1, -0.05) is 54.1 Å². The quantitative estimate of drug-likeness (QED) is 0.711. The van der Waals surface area contributed by atoms with Crippen LogP contribution in [0.4, 0.5) is 0 Å². The summed E-state index contributed by atoms with van der Waals surface area (Å²) in [7, 11) is 1.38. The summed E-state index contributed by atoms with van der Waals surface area (Å²) < 4.78 is 6.79. The van der Waals surface area contributed by atoms with Crippen LogP contribution in [0.3, 0.4) is 0 Å². The highest BCUT2D eigenvalue weighted by atomic mass is 35.5. The molecule has 2 aromatic carbocycles. The maximum Gasteiger partial charge on any atom is 0.338 e. The fourth-order valence-electron chi connectivity index (χ4n) is 2.73. The summed E-state index contributed by atoms with van der Waals surface area (Å²) in [5, 5.41) is 0.436. The number of rotatable bonds is 5. The molecular formula is C19H18ClN3O2. The molecule has 0 atom stereocenters. The van der Waals surface area contributed by atoms with Gasteiger partial charge in [0.15, 0.2) is 5.15 Å². The van der Waals surface area contributed by atoms with Crippen LogP contribution in [-0.4, -0.2) is 22.6 Å². The number of carbonyl (C=O) groups is 1. The first-order valence-electron chi connectivity index (χ1n) is 7.80. The number of carbonyl (C=O) groups excluding carboxylic acids is 1. The average Bonchev–Trinajstić information content (AvgIpc) is 3.01. The number of esters is 1. The van der Waals surface area contributed by atoms with Gasteiger partial charge in [-0.2, -0.15) is 0 Å². The highest BCUT2D eigenvalue weighted by molar-refractivity contribution is 6.30. The molecule has 0 bridgehead atoms. The Labute approximate surface area is 151 Å². The molecule has 0 fully saturated rings. The second-order valence-electron chi connectivity index (χ2n) is 5.55. The van der Waals surface area contributed by atoms with Crippen molar-refractivity contribution in [2.75, 3.05) is 7.11 Å². The van der Waals surface area contributed by atoms with Crippen molar-refractivity contribution in [2.45, 2.75) is 13.1 Å². The number of benzene rings is 2. The lowest BCUT2D eigenvalue weighted by Gasteiger charge is -2.10. The highest BCUT2D eigenvalue weighted by Crippen LogP contribution is 2.25. The van der Waals surface area contributed by atoms with Crippen LogP contribution in [0, 0.1) is 0 Å². The lowest BCUT2D eigenvalue weighted by atomic mass is 9.98. The Hall–Kier alpha value is -2.63. The maximum absolute atomic E-state index is 11.9. The van der Waals surface area contributed by atoms with E-state index >= 15 is 0 Å². The first-order chi connectivity index (χ1) is 12.1. The SMILES string of the molecule is COC(=O)c1ccccc1-c1ccc(Cn2cnc(Cl)c2CN)cc1. The molecule has 0 saturated carbocycles. The van der Waals surface area contributed by atoms with Gasteiger partial charge >= 0.3 is 5.97 Å². The molecule has 0 aliphatic heterocycles. The molecular weight excluding hydrogens is 338 g/mol. The third-order valence-electron chi connectivity index (χ3n) is 4.04. The van der Waals surface area contributed by atoms with Gasteiger partial charge in [-0.3, -0.25) is 0 Å². The minimum atomic E-state index is -0.347. The van der Waals surface area contributed by atoms with Crippen molar-refractivity contribution in [3.05, 3.63) is 76.8 Å². The van der Waals surface area contributed by atoms with Crippen LogP contribution in [-0.2, 0) is 17.8 Å². The molecule has 5 nitrogen and oxygen atoms in total. The standard InChI is InChI=1S/C19H18ClN3O2/c1-25-19(24)16-5-3-2-4-15(16)14-8-6-13(7-9-14)11-23-12-22-18(20)17(23)10-21/h2-9,12H,10-11,21H2,1H3. The summed E-state index contributed by atoms with van der Waals surface area (Å²) in [5.41, 5.74) is 9.95. The molecule has 0 aliphatic rings. The van der Waals surface area contributed by atoms with E-state index in [1.54, 1.807) is 12.4 Å². The third-order valence-corrected chi connectivity index (χ3v) is 4.35. The van der Waals surface area contributed by atoms with Crippen molar-refractivity contribution < 1.29 is 9.53 Å². The van der Waals surface area contributed by atoms with Gasteiger partial charge in [0.1, 0.15) is 0 Å². The van der Waals surface area contributed by atoms with Crippen LogP contribution in [0.5, 0.6) is 0 Å². The number of methoxy groups -OCH3 is 1. The van der Waals surface area contributed by atoms with Crippen LogP contribution < -0.4 is 5.73 Å². The molecule has 0 saturated heterocycles. The Balaban J connectivity index is 1.87. The van der Waals surface area contributed by atoms with Crippen molar-refractivity contribution in [2.24, 2.45) is 5.73 Å². The van der Waals surface area contributed by atoms with E-state index in [0.717, 1.165) is 22.4 Å². The van der Waals surface area contributed by atoms with Crippen LogP contribution in [0.1, 0.15) is 21.6 Å². The van der Waals surface area contributed by atoms with Crippen molar-refractivity contribution in [3.8, 4) is 11.1 Å². The highest BCUT2D eigenvalue weighted by Gasteiger charge is 2.13. The van der Waals surface area contributed by atoms with Crippen LogP contribution in [0.15, 0.2) is 54.9 Å². The van der Waals surface area contributed by atoms with Crippen LogP contribution >= 0.6 is 11.6 Å². The molecule has 0 amide bonds. The Morgan fingerprint density at radius 3 is 2.60 bits per heavy atom. The largest absolute Gasteiger partial charge is 0.465 e. The summed E-state index contributed by atoms with van der Waals surface area (Å²) in [6, 6.07) is 15.4. The fraction of sp³-hybridized carbons (Fsp3) is 0.158. The fourth-order valence-corrected chi connectivity index (χ4v) is 2.96. The van der Waals surface area contributed by atoms with E-state index in [1.807, 2.05) is 47.0 Å². The van der Waals surface area contributed by atoms with Crippen LogP contribution in [0.25, 0.3) is 11.1 Å². The number of halogens is 1. The Bertz CT molecular complexity index is 888. The maximum atomic E-state index is 11.9. The number of hydrogen-bond donors (Lipinski definition) is 1. The molecule has 0 unspecified atom stereocenters. The smallest absolute Gasteiger partial charge is 0.338 e. The van der Waals surface area contributed by atoms with E-state index in [0.29, 0.717) is 23.8 Å². The van der Waals surface area contributed by atoms with E-state index in [2.05, 4.69) is 4.98 Å². The Kier molecular flexibility index (Phi) is 5.16. The van der Waals surface area contributed by atoms with Crippen LogP contribution in [0.2, 0.25) is 5.15 Å². The molecule has 2 N–H and O–H groups in total. The van der Waals surface area contributed by atoms with Gasteiger partial charge < -0.3 is 15.0 Å².